The van der Waals surface area contributed by atoms with E-state index in [-0.39, 0.29) is 6.61 Å². The van der Waals surface area contributed by atoms with Gasteiger partial charge in [-0.05, 0) is 30.2 Å². The van der Waals surface area contributed by atoms with Crippen LogP contribution >= 0.6 is 0 Å². The average molecular weight is 239 g/mol. The first-order valence-electron chi connectivity index (χ1n) is 5.56. The van der Waals surface area contributed by atoms with Crippen molar-refractivity contribution in [2.75, 3.05) is 27.4 Å². The molecule has 0 bridgehead atoms. The fourth-order valence-corrected chi connectivity index (χ4v) is 1.89. The molecule has 3 N–H and O–H groups in total. The van der Waals surface area contributed by atoms with Crippen LogP contribution in [0.25, 0.3) is 0 Å². The van der Waals surface area contributed by atoms with Gasteiger partial charge in [-0.25, -0.2) is 0 Å². The van der Waals surface area contributed by atoms with E-state index in [9.17, 15) is 5.11 Å². The van der Waals surface area contributed by atoms with Crippen molar-refractivity contribution in [3.63, 3.8) is 0 Å². The van der Waals surface area contributed by atoms with Crippen LogP contribution in [0.5, 0.6) is 11.5 Å². The Hall–Kier alpha value is -1.26. The lowest BCUT2D eigenvalue weighted by Crippen LogP contribution is -2.36. The number of hydrogen-bond acceptors (Lipinski definition) is 4. The summed E-state index contributed by atoms with van der Waals surface area (Å²) >= 11 is 0. The third kappa shape index (κ3) is 2.53. The van der Waals surface area contributed by atoms with Crippen LogP contribution in [0.3, 0.4) is 0 Å². The highest BCUT2D eigenvalue weighted by Crippen LogP contribution is 2.35. The van der Waals surface area contributed by atoms with E-state index in [2.05, 4.69) is 0 Å². The monoisotopic (exact) mass is 239 g/mol. The predicted molar refractivity (Wildman–Crippen MR) is 67.8 cm³/mol. The van der Waals surface area contributed by atoms with E-state index < -0.39 is 5.41 Å². The van der Waals surface area contributed by atoms with E-state index in [0.29, 0.717) is 18.0 Å². The molecule has 17 heavy (non-hydrogen) atoms. The Labute approximate surface area is 102 Å². The highest BCUT2D eigenvalue weighted by Gasteiger charge is 2.27. The van der Waals surface area contributed by atoms with Gasteiger partial charge in [0.2, 0.25) is 0 Å². The summed E-state index contributed by atoms with van der Waals surface area (Å²) in [7, 11) is 3.20. The number of aliphatic hydroxyl groups is 1. The van der Waals surface area contributed by atoms with E-state index >= 15 is 0 Å². The van der Waals surface area contributed by atoms with Gasteiger partial charge in [-0.3, -0.25) is 0 Å². The van der Waals surface area contributed by atoms with Gasteiger partial charge >= 0.3 is 0 Å². The second-order valence-corrected chi connectivity index (χ2v) is 4.45. The van der Waals surface area contributed by atoms with Gasteiger partial charge in [0.25, 0.3) is 0 Å². The number of aliphatic hydroxyl groups excluding tert-OH is 1. The van der Waals surface area contributed by atoms with Crippen LogP contribution in [-0.4, -0.2) is 32.5 Å². The molecule has 0 spiro atoms. The van der Waals surface area contributed by atoms with Crippen LogP contribution in [0.2, 0.25) is 0 Å². The van der Waals surface area contributed by atoms with Gasteiger partial charge < -0.3 is 20.3 Å². The third-order valence-corrected chi connectivity index (χ3v) is 3.18. The van der Waals surface area contributed by atoms with Crippen molar-refractivity contribution >= 4 is 0 Å². The minimum absolute atomic E-state index is 0.000176. The van der Waals surface area contributed by atoms with Gasteiger partial charge in [0.1, 0.15) is 0 Å². The standard InChI is InChI=1S/C13H21NO3/c1-9-5-11(16-3)12(17-4)6-10(9)13(2,7-14)8-15/h5-6,15H,7-8,14H2,1-4H3. The summed E-state index contributed by atoms with van der Waals surface area (Å²) in [6, 6.07) is 3.79. The first kappa shape index (κ1) is 13.8. The van der Waals surface area contributed by atoms with Crippen LogP contribution in [0, 0.1) is 6.92 Å². The number of hydrogen-bond donors (Lipinski definition) is 2. The molecule has 1 atom stereocenters. The maximum atomic E-state index is 9.50. The molecule has 1 aromatic rings. The highest BCUT2D eigenvalue weighted by atomic mass is 16.5. The Bertz CT molecular complexity index is 386. The molecule has 0 heterocycles. The van der Waals surface area contributed by atoms with Crippen molar-refractivity contribution in [1.29, 1.82) is 0 Å². The van der Waals surface area contributed by atoms with E-state index in [1.165, 1.54) is 0 Å². The zero-order valence-corrected chi connectivity index (χ0v) is 10.9. The molecule has 0 aliphatic rings. The summed E-state index contributed by atoms with van der Waals surface area (Å²) in [5.74, 6) is 1.34. The fourth-order valence-electron chi connectivity index (χ4n) is 1.89. The Morgan fingerprint density at radius 2 is 1.76 bits per heavy atom. The molecule has 1 rings (SSSR count). The number of aryl methyl sites for hydroxylation is 1. The smallest absolute Gasteiger partial charge is 0.161 e. The summed E-state index contributed by atoms with van der Waals surface area (Å²) in [4.78, 5) is 0. The predicted octanol–water partition coefficient (Wildman–Crippen LogP) is 1.22. The lowest BCUT2D eigenvalue weighted by Gasteiger charge is -2.28. The quantitative estimate of drug-likeness (QED) is 0.811. The molecule has 0 saturated carbocycles. The lowest BCUT2D eigenvalue weighted by molar-refractivity contribution is 0.209. The SMILES string of the molecule is COc1cc(C)c(C(C)(CN)CO)cc1OC. The normalized spacial score (nSPS) is 14.2. The Morgan fingerprint density at radius 1 is 1.24 bits per heavy atom. The van der Waals surface area contributed by atoms with E-state index in [1.807, 2.05) is 26.0 Å². The van der Waals surface area contributed by atoms with Crippen LogP contribution in [-0.2, 0) is 5.41 Å². The van der Waals surface area contributed by atoms with Gasteiger partial charge in [0, 0.05) is 12.0 Å². The number of ether oxygens (including phenoxy) is 2. The molecule has 0 saturated heterocycles. The second-order valence-electron chi connectivity index (χ2n) is 4.45. The summed E-state index contributed by atoms with van der Waals surface area (Å²) in [6.45, 7) is 4.28. The number of rotatable bonds is 5. The summed E-state index contributed by atoms with van der Waals surface area (Å²) in [5.41, 5.74) is 7.31. The first-order chi connectivity index (χ1) is 8.02. The Balaban J connectivity index is 3.34. The summed E-state index contributed by atoms with van der Waals surface area (Å²) in [6.07, 6.45) is 0. The van der Waals surface area contributed by atoms with Crippen molar-refractivity contribution in [2.24, 2.45) is 5.73 Å². The molecule has 4 heteroatoms. The molecular formula is C13H21NO3. The van der Waals surface area contributed by atoms with E-state index in [1.54, 1.807) is 14.2 Å². The van der Waals surface area contributed by atoms with Gasteiger partial charge in [0.15, 0.2) is 11.5 Å². The Morgan fingerprint density at radius 3 is 2.18 bits per heavy atom. The Kier molecular flexibility index (Phi) is 4.37. The minimum Gasteiger partial charge on any atom is -0.493 e. The van der Waals surface area contributed by atoms with Gasteiger partial charge in [-0.2, -0.15) is 0 Å². The van der Waals surface area contributed by atoms with Crippen molar-refractivity contribution in [2.45, 2.75) is 19.3 Å². The number of nitrogens with two attached hydrogens (primary N) is 1. The van der Waals surface area contributed by atoms with Gasteiger partial charge in [0.05, 0.1) is 20.8 Å². The first-order valence-corrected chi connectivity index (χ1v) is 5.56. The maximum absolute atomic E-state index is 9.50. The van der Waals surface area contributed by atoms with Crippen molar-refractivity contribution in [1.82, 2.24) is 0 Å². The molecule has 0 fully saturated rings. The average Bonchev–Trinajstić information content (AvgIpc) is 2.37. The van der Waals surface area contributed by atoms with Crippen LogP contribution in [0.1, 0.15) is 18.1 Å². The zero-order chi connectivity index (χ0) is 13.1. The molecule has 96 valence electrons. The molecule has 1 aromatic carbocycles. The van der Waals surface area contributed by atoms with Gasteiger partial charge in [-0.1, -0.05) is 6.92 Å². The minimum atomic E-state index is -0.455. The van der Waals surface area contributed by atoms with E-state index in [4.69, 9.17) is 15.2 Å². The third-order valence-electron chi connectivity index (χ3n) is 3.18. The highest BCUT2D eigenvalue weighted by molar-refractivity contribution is 5.49. The number of methoxy groups -OCH3 is 2. The molecule has 0 amide bonds. The van der Waals surface area contributed by atoms with Crippen molar-refractivity contribution in [3.8, 4) is 11.5 Å². The summed E-state index contributed by atoms with van der Waals surface area (Å²) < 4.78 is 10.5. The van der Waals surface area contributed by atoms with Gasteiger partial charge in [-0.15, -0.1) is 0 Å². The largest absolute Gasteiger partial charge is 0.493 e. The zero-order valence-electron chi connectivity index (χ0n) is 10.9. The molecule has 4 nitrogen and oxygen atoms in total. The van der Waals surface area contributed by atoms with Crippen LogP contribution < -0.4 is 15.2 Å². The molecule has 1 unspecified atom stereocenters. The molecule has 0 aromatic heterocycles. The lowest BCUT2D eigenvalue weighted by atomic mass is 9.80. The second kappa shape index (κ2) is 5.38. The maximum Gasteiger partial charge on any atom is 0.161 e. The van der Waals surface area contributed by atoms with E-state index in [0.717, 1.165) is 11.1 Å². The summed E-state index contributed by atoms with van der Waals surface area (Å²) in [5, 5.41) is 9.50. The molecule has 0 aliphatic heterocycles. The topological polar surface area (TPSA) is 64.7 Å². The fraction of sp³-hybridized carbons (Fsp3) is 0.538. The molecule has 0 aliphatic carbocycles. The molecule has 0 radical (unpaired) electrons. The van der Waals surface area contributed by atoms with Crippen molar-refractivity contribution < 1.29 is 14.6 Å². The number of benzene rings is 1. The van der Waals surface area contributed by atoms with Crippen molar-refractivity contribution in [3.05, 3.63) is 23.3 Å². The van der Waals surface area contributed by atoms with Crippen LogP contribution in [0.15, 0.2) is 12.1 Å². The van der Waals surface area contributed by atoms with Crippen LogP contribution in [0.4, 0.5) is 0 Å². The molecular weight excluding hydrogens is 218 g/mol.